The molecule has 6 nitrogen and oxygen atoms in total. The van der Waals surface area contributed by atoms with Crippen LogP contribution in [0.15, 0.2) is 53.4 Å². The van der Waals surface area contributed by atoms with Gasteiger partial charge in [-0.2, -0.15) is 4.31 Å². The van der Waals surface area contributed by atoms with Crippen molar-refractivity contribution in [3.8, 4) is 0 Å². The summed E-state index contributed by atoms with van der Waals surface area (Å²) in [6.45, 7) is 5.72. The quantitative estimate of drug-likeness (QED) is 0.696. The summed E-state index contributed by atoms with van der Waals surface area (Å²) in [5, 5.41) is 0.279. The summed E-state index contributed by atoms with van der Waals surface area (Å²) < 4.78 is 27.7. The summed E-state index contributed by atoms with van der Waals surface area (Å²) >= 11 is 6.32. The molecule has 0 aliphatic carbocycles. The Kier molecular flexibility index (Phi) is 6.55. The maximum atomic E-state index is 13.2. The average Bonchev–Trinajstić information content (AvgIpc) is 2.80. The van der Waals surface area contributed by atoms with Gasteiger partial charge in [0.15, 0.2) is 0 Å². The number of para-hydroxylation sites is 1. The van der Waals surface area contributed by atoms with Gasteiger partial charge in [0, 0.05) is 45.0 Å². The molecule has 2 aromatic rings. The zero-order valence-electron chi connectivity index (χ0n) is 17.7. The van der Waals surface area contributed by atoms with Crippen molar-refractivity contribution < 1.29 is 13.2 Å². The number of carbonyl (C=O) groups is 1. The van der Waals surface area contributed by atoms with Gasteiger partial charge in [-0.15, -0.1) is 0 Å². The Morgan fingerprint density at radius 3 is 2.23 bits per heavy atom. The van der Waals surface area contributed by atoms with E-state index >= 15 is 0 Å². The van der Waals surface area contributed by atoms with Crippen LogP contribution in [-0.4, -0.2) is 62.8 Å². The third-order valence-corrected chi connectivity index (χ3v) is 8.46. The van der Waals surface area contributed by atoms with E-state index in [-0.39, 0.29) is 21.4 Å². The van der Waals surface area contributed by atoms with E-state index in [1.807, 2.05) is 18.2 Å². The lowest BCUT2D eigenvalue weighted by molar-refractivity contribution is 0.0746. The van der Waals surface area contributed by atoms with Crippen LogP contribution in [0.2, 0.25) is 5.02 Å². The first-order valence-corrected chi connectivity index (χ1v) is 12.6. The average molecular weight is 462 g/mol. The Morgan fingerprint density at radius 1 is 0.935 bits per heavy atom. The molecule has 31 heavy (non-hydrogen) atoms. The van der Waals surface area contributed by atoms with E-state index in [0.717, 1.165) is 31.6 Å². The molecule has 166 valence electrons. The van der Waals surface area contributed by atoms with Crippen LogP contribution in [0.5, 0.6) is 0 Å². The van der Waals surface area contributed by atoms with Gasteiger partial charge in [0.1, 0.15) is 0 Å². The fraction of sp³-hybridized carbons (Fsp3) is 0.435. The van der Waals surface area contributed by atoms with Gasteiger partial charge >= 0.3 is 0 Å². The minimum Gasteiger partial charge on any atom is -0.368 e. The molecule has 4 rings (SSSR count). The summed E-state index contributed by atoms with van der Waals surface area (Å²) in [6, 6.07) is 14.6. The highest BCUT2D eigenvalue weighted by atomic mass is 35.5. The van der Waals surface area contributed by atoms with Crippen molar-refractivity contribution in [2.45, 2.75) is 24.7 Å². The van der Waals surface area contributed by atoms with Crippen LogP contribution < -0.4 is 4.90 Å². The minimum atomic E-state index is -3.64. The van der Waals surface area contributed by atoms with Gasteiger partial charge in [-0.1, -0.05) is 36.7 Å². The van der Waals surface area contributed by atoms with Crippen molar-refractivity contribution in [3.63, 3.8) is 0 Å². The first kappa shape index (κ1) is 22.1. The number of hydrogen-bond acceptors (Lipinski definition) is 4. The van der Waals surface area contributed by atoms with Crippen molar-refractivity contribution in [2.75, 3.05) is 44.2 Å². The summed E-state index contributed by atoms with van der Waals surface area (Å²) in [6.07, 6.45) is 1.70. The molecule has 0 atom stereocenters. The zero-order chi connectivity index (χ0) is 22.0. The van der Waals surface area contributed by atoms with Gasteiger partial charge in [-0.05, 0) is 49.1 Å². The Bertz CT molecular complexity index is 1030. The number of carbonyl (C=O) groups excluding carboxylic acids is 1. The number of piperazine rings is 1. The lowest BCUT2D eigenvalue weighted by Gasteiger charge is -2.36. The van der Waals surface area contributed by atoms with Crippen LogP contribution in [0.3, 0.4) is 0 Å². The Morgan fingerprint density at radius 2 is 1.58 bits per heavy atom. The van der Waals surface area contributed by atoms with Gasteiger partial charge in [0.05, 0.1) is 15.5 Å². The van der Waals surface area contributed by atoms with Gasteiger partial charge < -0.3 is 9.80 Å². The number of nitrogens with zero attached hydrogens (tertiary/aromatic N) is 3. The van der Waals surface area contributed by atoms with Crippen LogP contribution in [0.4, 0.5) is 5.69 Å². The monoisotopic (exact) mass is 461 g/mol. The van der Waals surface area contributed by atoms with Crippen molar-refractivity contribution in [2.24, 2.45) is 5.92 Å². The number of sulfonamides is 1. The number of amides is 1. The van der Waals surface area contributed by atoms with Crippen LogP contribution in [0.1, 0.15) is 30.1 Å². The highest BCUT2D eigenvalue weighted by Crippen LogP contribution is 2.27. The Balaban J connectivity index is 1.49. The molecule has 0 saturated carbocycles. The molecule has 0 N–H and O–H groups in total. The number of hydrogen-bond donors (Lipinski definition) is 0. The highest BCUT2D eigenvalue weighted by molar-refractivity contribution is 7.89. The zero-order valence-corrected chi connectivity index (χ0v) is 19.3. The van der Waals surface area contributed by atoms with Crippen molar-refractivity contribution in [1.29, 1.82) is 0 Å². The number of rotatable bonds is 4. The molecule has 2 aliphatic heterocycles. The molecular weight excluding hydrogens is 434 g/mol. The van der Waals surface area contributed by atoms with E-state index in [1.165, 1.54) is 22.5 Å². The maximum absolute atomic E-state index is 13.2. The Hall–Kier alpha value is -2.09. The number of benzene rings is 2. The van der Waals surface area contributed by atoms with E-state index in [2.05, 4.69) is 24.0 Å². The van der Waals surface area contributed by atoms with Gasteiger partial charge in [0.2, 0.25) is 10.0 Å². The lowest BCUT2D eigenvalue weighted by Crippen LogP contribution is -2.48. The smallest absolute Gasteiger partial charge is 0.255 e. The van der Waals surface area contributed by atoms with Crippen molar-refractivity contribution >= 4 is 33.2 Å². The second kappa shape index (κ2) is 9.18. The molecule has 2 fully saturated rings. The second-order valence-corrected chi connectivity index (χ2v) is 10.7. The van der Waals surface area contributed by atoms with Crippen LogP contribution >= 0.6 is 11.6 Å². The van der Waals surface area contributed by atoms with Gasteiger partial charge in [-0.25, -0.2) is 8.42 Å². The molecular formula is C23H28ClN3O3S. The summed E-state index contributed by atoms with van der Waals surface area (Å²) in [7, 11) is -3.64. The van der Waals surface area contributed by atoms with Gasteiger partial charge in [0.25, 0.3) is 5.91 Å². The standard InChI is InChI=1S/C23H28ClN3O3S/c1-18-9-11-27(12-10-18)31(29,30)20-7-8-22(24)21(17-20)23(28)26-15-13-25(14-16-26)19-5-3-2-4-6-19/h2-8,17-18H,9-16H2,1H3. The highest BCUT2D eigenvalue weighted by Gasteiger charge is 2.30. The summed E-state index contributed by atoms with van der Waals surface area (Å²) in [5.74, 6) is 0.311. The summed E-state index contributed by atoms with van der Waals surface area (Å²) in [4.78, 5) is 17.3. The summed E-state index contributed by atoms with van der Waals surface area (Å²) in [5.41, 5.74) is 1.39. The topological polar surface area (TPSA) is 60.9 Å². The van der Waals surface area contributed by atoms with E-state index in [0.29, 0.717) is 32.1 Å². The van der Waals surface area contributed by atoms with Crippen molar-refractivity contribution in [3.05, 3.63) is 59.1 Å². The second-order valence-electron chi connectivity index (χ2n) is 8.34. The molecule has 2 aliphatic rings. The molecule has 0 bridgehead atoms. The van der Waals surface area contributed by atoms with E-state index in [1.54, 1.807) is 4.90 Å². The molecule has 1 amide bonds. The fourth-order valence-electron chi connectivity index (χ4n) is 4.18. The molecule has 0 spiro atoms. The third-order valence-electron chi connectivity index (χ3n) is 6.24. The van der Waals surface area contributed by atoms with E-state index in [4.69, 9.17) is 11.6 Å². The molecule has 2 aromatic carbocycles. The predicted molar refractivity (Wildman–Crippen MR) is 123 cm³/mol. The number of anilines is 1. The molecule has 0 aromatic heterocycles. The fourth-order valence-corrected chi connectivity index (χ4v) is 5.87. The normalized spacial score (nSPS) is 18.9. The SMILES string of the molecule is CC1CCN(S(=O)(=O)c2ccc(Cl)c(C(=O)N3CCN(c4ccccc4)CC3)c2)CC1. The Labute approximate surface area is 189 Å². The molecule has 2 heterocycles. The van der Waals surface area contributed by atoms with Crippen LogP contribution in [0.25, 0.3) is 0 Å². The largest absolute Gasteiger partial charge is 0.368 e. The number of piperidine rings is 1. The van der Waals surface area contributed by atoms with E-state index < -0.39 is 10.0 Å². The third kappa shape index (κ3) is 4.73. The first-order valence-electron chi connectivity index (χ1n) is 10.8. The molecule has 2 saturated heterocycles. The van der Waals surface area contributed by atoms with Crippen LogP contribution in [0, 0.1) is 5.92 Å². The first-order chi connectivity index (χ1) is 14.9. The molecule has 0 unspecified atom stereocenters. The van der Waals surface area contributed by atoms with Crippen LogP contribution in [-0.2, 0) is 10.0 Å². The number of halogens is 1. The molecule has 8 heteroatoms. The minimum absolute atomic E-state index is 0.137. The van der Waals surface area contributed by atoms with Gasteiger partial charge in [-0.3, -0.25) is 4.79 Å². The maximum Gasteiger partial charge on any atom is 0.255 e. The van der Waals surface area contributed by atoms with Crippen molar-refractivity contribution in [1.82, 2.24) is 9.21 Å². The lowest BCUT2D eigenvalue weighted by atomic mass is 10.0. The molecule has 0 radical (unpaired) electrons. The van der Waals surface area contributed by atoms with E-state index in [9.17, 15) is 13.2 Å². The predicted octanol–water partition coefficient (Wildman–Crippen LogP) is 3.72.